The van der Waals surface area contributed by atoms with Crippen LogP contribution in [-0.2, 0) is 0 Å². The van der Waals surface area contributed by atoms with E-state index in [1.165, 1.54) is 0 Å². The molecule has 0 amide bonds. The zero-order valence-electron chi connectivity index (χ0n) is 8.07. The third-order valence-corrected chi connectivity index (χ3v) is 1.85. The molecule has 78 valence electrons. The maximum atomic E-state index is 8.97. The van der Waals surface area contributed by atoms with Crippen molar-refractivity contribution in [3.63, 3.8) is 0 Å². The van der Waals surface area contributed by atoms with Gasteiger partial charge in [-0.2, -0.15) is 4.98 Å². The fourth-order valence-electron chi connectivity index (χ4n) is 0.995. The number of nitrogens with one attached hydrogen (secondary N) is 2. The molecule has 0 aliphatic rings. The first-order valence-electron chi connectivity index (χ1n) is 4.47. The van der Waals surface area contributed by atoms with Crippen LogP contribution in [-0.4, -0.2) is 27.7 Å². The third kappa shape index (κ3) is 2.82. The van der Waals surface area contributed by atoms with Crippen LogP contribution in [0.5, 0.6) is 0 Å². The molecule has 14 heavy (non-hydrogen) atoms. The van der Waals surface area contributed by atoms with Crippen molar-refractivity contribution in [2.24, 2.45) is 5.84 Å². The van der Waals surface area contributed by atoms with Crippen LogP contribution in [0.2, 0.25) is 0 Å². The van der Waals surface area contributed by atoms with E-state index in [9.17, 15) is 0 Å². The number of hydrazine groups is 1. The van der Waals surface area contributed by atoms with Gasteiger partial charge in [-0.15, -0.1) is 0 Å². The van der Waals surface area contributed by atoms with Crippen LogP contribution in [0.1, 0.15) is 13.3 Å². The molecule has 0 aromatic carbocycles. The molecule has 1 rings (SSSR count). The predicted molar refractivity (Wildman–Crippen MR) is 54.6 cm³/mol. The average molecular weight is 197 g/mol. The Hall–Kier alpha value is -1.40. The fourth-order valence-corrected chi connectivity index (χ4v) is 0.995. The molecule has 0 spiro atoms. The van der Waals surface area contributed by atoms with Gasteiger partial charge in [0.1, 0.15) is 5.82 Å². The molecule has 1 aromatic heterocycles. The number of anilines is 2. The number of hydrogen-bond donors (Lipinski definition) is 4. The van der Waals surface area contributed by atoms with Crippen LogP contribution >= 0.6 is 0 Å². The Morgan fingerprint density at radius 2 is 2.43 bits per heavy atom. The lowest BCUT2D eigenvalue weighted by atomic mass is 10.2. The van der Waals surface area contributed by atoms with E-state index in [-0.39, 0.29) is 12.6 Å². The van der Waals surface area contributed by atoms with Crippen molar-refractivity contribution in [2.75, 3.05) is 17.3 Å². The molecule has 1 unspecified atom stereocenters. The van der Waals surface area contributed by atoms with E-state index in [0.29, 0.717) is 11.8 Å². The van der Waals surface area contributed by atoms with Crippen LogP contribution in [0.25, 0.3) is 0 Å². The highest BCUT2D eigenvalue weighted by Gasteiger charge is 2.05. The second kappa shape index (κ2) is 5.36. The second-order valence-corrected chi connectivity index (χ2v) is 2.84. The van der Waals surface area contributed by atoms with Crippen LogP contribution in [0.15, 0.2) is 12.3 Å². The maximum absolute atomic E-state index is 8.97. The van der Waals surface area contributed by atoms with Gasteiger partial charge >= 0.3 is 0 Å². The highest BCUT2D eigenvalue weighted by molar-refractivity contribution is 5.39. The van der Waals surface area contributed by atoms with Gasteiger partial charge in [0.15, 0.2) is 0 Å². The van der Waals surface area contributed by atoms with E-state index >= 15 is 0 Å². The topological polar surface area (TPSA) is 96.1 Å². The number of rotatable bonds is 5. The molecule has 6 nitrogen and oxygen atoms in total. The number of nitrogens with two attached hydrogens (primary N) is 1. The van der Waals surface area contributed by atoms with E-state index in [1.807, 2.05) is 6.92 Å². The SMILES string of the molecule is CCC(CO)Nc1ccnc(NN)n1. The lowest BCUT2D eigenvalue weighted by Crippen LogP contribution is -2.23. The van der Waals surface area contributed by atoms with Gasteiger partial charge in [0.25, 0.3) is 0 Å². The molecule has 1 aromatic rings. The highest BCUT2D eigenvalue weighted by atomic mass is 16.3. The smallest absolute Gasteiger partial charge is 0.239 e. The first-order valence-corrected chi connectivity index (χ1v) is 4.47. The van der Waals surface area contributed by atoms with Crippen LogP contribution in [0.3, 0.4) is 0 Å². The molecule has 5 N–H and O–H groups in total. The van der Waals surface area contributed by atoms with E-state index in [4.69, 9.17) is 10.9 Å². The van der Waals surface area contributed by atoms with Gasteiger partial charge in [-0.25, -0.2) is 10.8 Å². The van der Waals surface area contributed by atoms with E-state index in [2.05, 4.69) is 20.7 Å². The summed E-state index contributed by atoms with van der Waals surface area (Å²) in [6, 6.07) is 1.73. The first kappa shape index (κ1) is 10.7. The van der Waals surface area contributed by atoms with Gasteiger partial charge in [-0.05, 0) is 12.5 Å². The molecule has 6 heteroatoms. The Bertz CT molecular complexity index is 276. The molecule has 0 aliphatic heterocycles. The Morgan fingerprint density at radius 3 is 3.00 bits per heavy atom. The summed E-state index contributed by atoms with van der Waals surface area (Å²) in [5, 5.41) is 12.0. The molecule has 1 heterocycles. The van der Waals surface area contributed by atoms with Crippen LogP contribution < -0.4 is 16.6 Å². The summed E-state index contributed by atoms with van der Waals surface area (Å²) in [7, 11) is 0. The summed E-state index contributed by atoms with van der Waals surface area (Å²) in [5.74, 6) is 6.16. The monoisotopic (exact) mass is 197 g/mol. The summed E-state index contributed by atoms with van der Waals surface area (Å²) in [5.41, 5.74) is 2.35. The molecule has 0 fully saturated rings. The number of aliphatic hydroxyl groups is 1. The van der Waals surface area contributed by atoms with E-state index in [1.54, 1.807) is 12.3 Å². The number of nitrogen functional groups attached to an aromatic ring is 1. The quantitative estimate of drug-likeness (QED) is 0.390. The molecule has 0 radical (unpaired) electrons. The lowest BCUT2D eigenvalue weighted by Gasteiger charge is -2.14. The van der Waals surface area contributed by atoms with Crippen molar-refractivity contribution in [3.8, 4) is 0 Å². The minimum atomic E-state index is 0.00974. The predicted octanol–water partition coefficient (Wildman–Crippen LogP) is -0.0550. The van der Waals surface area contributed by atoms with Crippen molar-refractivity contribution in [1.29, 1.82) is 0 Å². The average Bonchev–Trinajstić information content (AvgIpc) is 2.26. The van der Waals surface area contributed by atoms with Gasteiger partial charge in [-0.1, -0.05) is 6.92 Å². The van der Waals surface area contributed by atoms with Gasteiger partial charge < -0.3 is 10.4 Å². The minimum Gasteiger partial charge on any atom is -0.394 e. The highest BCUT2D eigenvalue weighted by Crippen LogP contribution is 2.07. The minimum absolute atomic E-state index is 0.00974. The normalized spacial score (nSPS) is 12.2. The zero-order valence-corrected chi connectivity index (χ0v) is 8.07. The molecule has 1 atom stereocenters. The van der Waals surface area contributed by atoms with Gasteiger partial charge in [0.2, 0.25) is 5.95 Å². The zero-order chi connectivity index (χ0) is 10.4. The number of nitrogens with zero attached hydrogens (tertiary/aromatic N) is 2. The molecule has 0 saturated heterocycles. The summed E-state index contributed by atoms with van der Waals surface area (Å²) in [4.78, 5) is 7.92. The summed E-state index contributed by atoms with van der Waals surface area (Å²) in [6.07, 6.45) is 2.42. The van der Waals surface area contributed by atoms with Crippen LogP contribution in [0, 0.1) is 0 Å². The van der Waals surface area contributed by atoms with Crippen molar-refractivity contribution < 1.29 is 5.11 Å². The third-order valence-electron chi connectivity index (χ3n) is 1.85. The van der Waals surface area contributed by atoms with Crippen molar-refractivity contribution >= 4 is 11.8 Å². The number of aliphatic hydroxyl groups excluding tert-OH is 1. The second-order valence-electron chi connectivity index (χ2n) is 2.84. The fraction of sp³-hybridized carbons (Fsp3) is 0.500. The molecule has 0 bridgehead atoms. The molecular formula is C8H15N5O. The van der Waals surface area contributed by atoms with Gasteiger partial charge in [0, 0.05) is 6.20 Å². The molecule has 0 saturated carbocycles. The standard InChI is InChI=1S/C8H15N5O/c1-2-6(5-14)11-7-3-4-10-8(12-7)13-9/h3-4,6,14H,2,5,9H2,1H3,(H2,10,11,12,13). The van der Waals surface area contributed by atoms with Gasteiger partial charge in [0.05, 0.1) is 12.6 Å². The Labute approximate surface area is 82.5 Å². The summed E-state index contributed by atoms with van der Waals surface area (Å²) in [6.45, 7) is 2.06. The Morgan fingerprint density at radius 1 is 1.64 bits per heavy atom. The molecular weight excluding hydrogens is 182 g/mol. The Kier molecular flexibility index (Phi) is 4.09. The number of aromatic nitrogens is 2. The number of hydrogen-bond acceptors (Lipinski definition) is 6. The Balaban J connectivity index is 2.65. The first-order chi connectivity index (χ1) is 6.80. The molecule has 0 aliphatic carbocycles. The lowest BCUT2D eigenvalue weighted by molar-refractivity contribution is 0.271. The van der Waals surface area contributed by atoms with E-state index in [0.717, 1.165) is 6.42 Å². The van der Waals surface area contributed by atoms with Crippen molar-refractivity contribution in [2.45, 2.75) is 19.4 Å². The summed E-state index contributed by atoms with van der Waals surface area (Å²) < 4.78 is 0. The van der Waals surface area contributed by atoms with Crippen molar-refractivity contribution in [3.05, 3.63) is 12.3 Å². The van der Waals surface area contributed by atoms with Crippen molar-refractivity contribution in [1.82, 2.24) is 9.97 Å². The van der Waals surface area contributed by atoms with Gasteiger partial charge in [-0.3, -0.25) is 5.43 Å². The summed E-state index contributed by atoms with van der Waals surface area (Å²) >= 11 is 0. The van der Waals surface area contributed by atoms with E-state index < -0.39 is 0 Å². The largest absolute Gasteiger partial charge is 0.394 e. The van der Waals surface area contributed by atoms with Crippen LogP contribution in [0.4, 0.5) is 11.8 Å². The maximum Gasteiger partial charge on any atom is 0.239 e.